The van der Waals surface area contributed by atoms with E-state index in [1.165, 1.54) is 16.3 Å². The van der Waals surface area contributed by atoms with E-state index in [0.717, 1.165) is 88.7 Å². The average Bonchev–Trinajstić information content (AvgIpc) is 3.96. The van der Waals surface area contributed by atoms with Crippen LogP contribution in [0.3, 0.4) is 0 Å². The molecule has 0 spiro atoms. The molecule has 3 aromatic heterocycles. The quantitative estimate of drug-likeness (QED) is 0.185. The number of nitrogens with one attached hydrogen (secondary N) is 2. The second-order valence-corrected chi connectivity index (χ2v) is 14.7. The van der Waals surface area contributed by atoms with E-state index in [1.54, 1.807) is 0 Å². The van der Waals surface area contributed by atoms with Gasteiger partial charge in [-0.25, -0.2) is 4.99 Å². The van der Waals surface area contributed by atoms with E-state index in [0.29, 0.717) is 0 Å². The molecule has 8 aromatic carbocycles. The molecule has 0 bridgehead atoms. The van der Waals surface area contributed by atoms with Crippen LogP contribution in [-0.4, -0.2) is 10.4 Å². The van der Waals surface area contributed by atoms with Gasteiger partial charge in [-0.05, 0) is 42.0 Å². The predicted octanol–water partition coefficient (Wildman–Crippen LogP) is 12.6. The van der Waals surface area contributed by atoms with Crippen LogP contribution in [0.5, 0.6) is 0 Å². The maximum atomic E-state index is 6.93. The van der Waals surface area contributed by atoms with Crippen molar-refractivity contribution in [3.63, 3.8) is 0 Å². The van der Waals surface area contributed by atoms with Crippen molar-refractivity contribution < 1.29 is 8.83 Å². The molecule has 0 saturated heterocycles. The molecule has 2 unspecified atom stereocenters. The zero-order chi connectivity index (χ0) is 37.5. The van der Waals surface area contributed by atoms with Gasteiger partial charge in [0, 0.05) is 60.3 Å². The van der Waals surface area contributed by atoms with Gasteiger partial charge < -0.3 is 18.7 Å². The number of amidine groups is 1. The standard InChI is InChI=1S/C51H34N4O2/c1-3-14-31(15-4-1)49-52-50(32-28-29-36-35-19-8-10-26-43(35)56-45(36)30-32)54-51(53-49)41-24-13-27-44-46(41)40-23-12-22-39(48(40)57-44)38-21-11-20-37-34-18-7-9-25-42(34)55(47(37)38)33-16-5-2-6-17-33/h1-30,50-51,54H,(H,52,53). The number of aliphatic imine (C=N–C) groups is 1. The fourth-order valence-electron chi connectivity index (χ4n) is 8.95. The monoisotopic (exact) mass is 734 g/mol. The molecule has 6 heteroatoms. The van der Waals surface area contributed by atoms with Gasteiger partial charge in [-0.2, -0.15) is 0 Å². The molecule has 57 heavy (non-hydrogen) atoms. The Bertz CT molecular complexity index is 3370. The highest BCUT2D eigenvalue weighted by molar-refractivity contribution is 6.18. The van der Waals surface area contributed by atoms with Crippen molar-refractivity contribution >= 4 is 71.5 Å². The fraction of sp³-hybridized carbons (Fsp3) is 0.0392. The molecule has 2 atom stereocenters. The summed E-state index contributed by atoms with van der Waals surface area (Å²) in [7, 11) is 0. The zero-order valence-electron chi connectivity index (χ0n) is 30.7. The van der Waals surface area contributed by atoms with Gasteiger partial charge in [0.2, 0.25) is 0 Å². The summed E-state index contributed by atoms with van der Waals surface area (Å²) in [6.07, 6.45) is -0.628. The summed E-state index contributed by atoms with van der Waals surface area (Å²) in [6, 6.07) is 63.7. The van der Waals surface area contributed by atoms with Crippen molar-refractivity contribution in [2.24, 2.45) is 4.99 Å². The van der Waals surface area contributed by atoms with E-state index in [4.69, 9.17) is 13.8 Å². The Morgan fingerprint density at radius 3 is 2.07 bits per heavy atom. The van der Waals surface area contributed by atoms with E-state index in [2.05, 4.69) is 179 Å². The smallest absolute Gasteiger partial charge is 0.143 e. The highest BCUT2D eigenvalue weighted by Crippen LogP contribution is 2.44. The van der Waals surface area contributed by atoms with E-state index < -0.39 is 0 Å². The lowest BCUT2D eigenvalue weighted by Gasteiger charge is -2.32. The second kappa shape index (κ2) is 12.6. The number of rotatable bonds is 5. The van der Waals surface area contributed by atoms with Gasteiger partial charge in [0.25, 0.3) is 0 Å². The minimum atomic E-state index is -0.342. The highest BCUT2D eigenvalue weighted by atomic mass is 16.3. The summed E-state index contributed by atoms with van der Waals surface area (Å²) in [4.78, 5) is 5.25. The number of aromatic nitrogens is 1. The van der Waals surface area contributed by atoms with Crippen molar-refractivity contribution in [3.8, 4) is 16.8 Å². The molecular formula is C51H34N4O2. The van der Waals surface area contributed by atoms with Crippen LogP contribution in [0.2, 0.25) is 0 Å². The largest absolute Gasteiger partial charge is 0.456 e. The number of hydrogen-bond donors (Lipinski definition) is 2. The van der Waals surface area contributed by atoms with E-state index in [1.807, 2.05) is 18.2 Å². The number of para-hydroxylation sites is 5. The van der Waals surface area contributed by atoms with Gasteiger partial charge in [-0.15, -0.1) is 0 Å². The number of furan rings is 2. The van der Waals surface area contributed by atoms with Crippen molar-refractivity contribution in [1.29, 1.82) is 0 Å². The lowest BCUT2D eigenvalue weighted by Crippen LogP contribution is -2.45. The number of benzene rings is 8. The summed E-state index contributed by atoms with van der Waals surface area (Å²) in [5.41, 5.74) is 12.2. The summed E-state index contributed by atoms with van der Waals surface area (Å²) < 4.78 is 15.6. The van der Waals surface area contributed by atoms with E-state index in [-0.39, 0.29) is 12.3 Å². The van der Waals surface area contributed by atoms with Crippen LogP contribution < -0.4 is 10.6 Å². The predicted molar refractivity (Wildman–Crippen MR) is 232 cm³/mol. The molecule has 11 aromatic rings. The fourth-order valence-corrected chi connectivity index (χ4v) is 8.95. The average molecular weight is 735 g/mol. The molecule has 0 aliphatic carbocycles. The molecule has 1 aliphatic heterocycles. The van der Waals surface area contributed by atoms with Crippen LogP contribution in [0.1, 0.15) is 29.0 Å². The molecule has 0 amide bonds. The minimum absolute atomic E-state index is 0.286. The molecule has 0 saturated carbocycles. The number of fused-ring (bicyclic) bond motifs is 9. The molecule has 270 valence electrons. The molecule has 12 rings (SSSR count). The third-order valence-electron chi connectivity index (χ3n) is 11.5. The van der Waals surface area contributed by atoms with Crippen LogP contribution in [0.4, 0.5) is 0 Å². The summed E-state index contributed by atoms with van der Waals surface area (Å²) in [5, 5.41) is 14.4. The Labute approximate surface area is 327 Å². The van der Waals surface area contributed by atoms with E-state index in [9.17, 15) is 0 Å². The van der Waals surface area contributed by atoms with Crippen molar-refractivity contribution in [1.82, 2.24) is 15.2 Å². The van der Waals surface area contributed by atoms with Crippen LogP contribution in [0.25, 0.3) is 82.5 Å². The van der Waals surface area contributed by atoms with Crippen molar-refractivity contribution in [2.75, 3.05) is 0 Å². The van der Waals surface area contributed by atoms with Crippen LogP contribution in [0.15, 0.2) is 196 Å². The first kappa shape index (κ1) is 31.9. The molecule has 1 aliphatic rings. The van der Waals surface area contributed by atoms with Gasteiger partial charge >= 0.3 is 0 Å². The zero-order valence-corrected chi connectivity index (χ0v) is 30.7. The molecule has 6 nitrogen and oxygen atoms in total. The van der Waals surface area contributed by atoms with Crippen molar-refractivity contribution in [2.45, 2.75) is 12.3 Å². The third kappa shape index (κ3) is 4.98. The second-order valence-electron chi connectivity index (χ2n) is 14.7. The van der Waals surface area contributed by atoms with Crippen LogP contribution in [0, 0.1) is 0 Å². The maximum Gasteiger partial charge on any atom is 0.143 e. The van der Waals surface area contributed by atoms with Gasteiger partial charge in [0.05, 0.1) is 11.0 Å². The third-order valence-corrected chi connectivity index (χ3v) is 11.5. The summed E-state index contributed by atoms with van der Waals surface area (Å²) >= 11 is 0. The topological polar surface area (TPSA) is 67.6 Å². The highest BCUT2D eigenvalue weighted by Gasteiger charge is 2.29. The van der Waals surface area contributed by atoms with Gasteiger partial charge in [0.15, 0.2) is 0 Å². The van der Waals surface area contributed by atoms with E-state index >= 15 is 0 Å². The molecule has 0 fully saturated rings. The SMILES string of the molecule is c1ccc(C2=NC(c3ccc4c(c3)oc3ccccc34)NC(c3cccc4oc5c(-c6cccc7c8ccccc8n(-c8ccccc8)c67)cccc5c34)N2)cc1. The number of nitrogens with zero attached hydrogens (tertiary/aromatic N) is 2. The first-order valence-electron chi connectivity index (χ1n) is 19.4. The lowest BCUT2D eigenvalue weighted by molar-refractivity contribution is 0.411. The minimum Gasteiger partial charge on any atom is -0.456 e. The Morgan fingerprint density at radius 1 is 0.509 bits per heavy atom. The first-order chi connectivity index (χ1) is 28.3. The van der Waals surface area contributed by atoms with Gasteiger partial charge in [-0.1, -0.05) is 146 Å². The lowest BCUT2D eigenvalue weighted by atomic mass is 9.97. The maximum absolute atomic E-state index is 6.93. The number of hydrogen-bond acceptors (Lipinski definition) is 5. The molecular weight excluding hydrogens is 701 g/mol. The Hall–Kier alpha value is -7.41. The Balaban J connectivity index is 1.03. The van der Waals surface area contributed by atoms with Crippen molar-refractivity contribution in [3.05, 3.63) is 199 Å². The molecule has 0 radical (unpaired) electrons. The Morgan fingerprint density at radius 2 is 1.19 bits per heavy atom. The molecule has 4 heterocycles. The normalized spacial score (nSPS) is 15.9. The molecule has 2 N–H and O–H groups in total. The summed E-state index contributed by atoms with van der Waals surface area (Å²) in [6.45, 7) is 0. The first-order valence-corrected chi connectivity index (χ1v) is 19.4. The van der Waals surface area contributed by atoms with Crippen LogP contribution in [-0.2, 0) is 0 Å². The van der Waals surface area contributed by atoms with Crippen LogP contribution >= 0.6 is 0 Å². The summed E-state index contributed by atoms with van der Waals surface area (Å²) in [5.74, 6) is 0.819. The Kier molecular flexibility index (Phi) is 7.03. The van der Waals surface area contributed by atoms with Gasteiger partial charge in [-0.3, -0.25) is 5.32 Å². The van der Waals surface area contributed by atoms with Gasteiger partial charge in [0.1, 0.15) is 40.5 Å².